The van der Waals surface area contributed by atoms with Crippen molar-refractivity contribution in [3.63, 3.8) is 0 Å². The van der Waals surface area contributed by atoms with Gasteiger partial charge in [-0.15, -0.1) is 0 Å². The molecule has 2 aliphatic heterocycles. The highest BCUT2D eigenvalue weighted by molar-refractivity contribution is 5.55. The topological polar surface area (TPSA) is 32.5 Å². The Kier molecular flexibility index (Phi) is 4.27. The number of anilines is 1. The van der Waals surface area contributed by atoms with Crippen molar-refractivity contribution in [2.24, 2.45) is 5.73 Å². The van der Waals surface area contributed by atoms with E-state index in [1.54, 1.807) is 0 Å². The molecule has 1 atom stereocenters. The van der Waals surface area contributed by atoms with Crippen LogP contribution < -0.4 is 10.6 Å². The number of rotatable bonds is 3. The minimum Gasteiger partial charge on any atom is -0.370 e. The first-order valence-corrected chi connectivity index (χ1v) is 8.06. The van der Waals surface area contributed by atoms with Crippen LogP contribution in [0.2, 0.25) is 0 Å². The smallest absolute Gasteiger partial charge is 0.0396 e. The van der Waals surface area contributed by atoms with E-state index in [4.69, 9.17) is 5.73 Å². The highest BCUT2D eigenvalue weighted by Gasteiger charge is 2.29. The number of nitrogens with zero attached hydrogens (tertiary/aromatic N) is 2. The number of hydrogen-bond donors (Lipinski definition) is 1. The average molecular weight is 273 g/mol. The second kappa shape index (κ2) is 6.15. The Hall–Kier alpha value is -1.06. The molecule has 3 nitrogen and oxygen atoms in total. The van der Waals surface area contributed by atoms with Crippen molar-refractivity contribution in [3.05, 3.63) is 29.3 Å². The molecule has 0 aromatic heterocycles. The van der Waals surface area contributed by atoms with E-state index in [2.05, 4.69) is 34.9 Å². The van der Waals surface area contributed by atoms with Gasteiger partial charge in [0.1, 0.15) is 0 Å². The molecule has 1 aromatic rings. The van der Waals surface area contributed by atoms with Gasteiger partial charge >= 0.3 is 0 Å². The van der Waals surface area contributed by atoms with E-state index in [0.717, 1.165) is 19.0 Å². The predicted octanol–water partition coefficient (Wildman–Crippen LogP) is 2.17. The van der Waals surface area contributed by atoms with Crippen molar-refractivity contribution in [1.29, 1.82) is 0 Å². The van der Waals surface area contributed by atoms with Gasteiger partial charge in [-0.25, -0.2) is 0 Å². The molecular weight excluding hydrogens is 246 g/mol. The van der Waals surface area contributed by atoms with Crippen LogP contribution in [0.5, 0.6) is 0 Å². The second-order valence-electron chi connectivity index (χ2n) is 6.29. The average Bonchev–Trinajstić information content (AvgIpc) is 2.77. The fraction of sp³-hybridized carbons (Fsp3) is 0.647. The number of nitrogens with two attached hydrogens (primary N) is 1. The molecule has 0 saturated carbocycles. The van der Waals surface area contributed by atoms with Crippen molar-refractivity contribution in [1.82, 2.24) is 4.90 Å². The maximum Gasteiger partial charge on any atom is 0.0396 e. The molecule has 2 N–H and O–H groups in total. The van der Waals surface area contributed by atoms with Crippen LogP contribution in [0.25, 0.3) is 0 Å². The van der Waals surface area contributed by atoms with Crippen LogP contribution in [0.4, 0.5) is 5.69 Å². The molecule has 2 saturated heterocycles. The second-order valence-corrected chi connectivity index (χ2v) is 6.29. The Morgan fingerprint density at radius 3 is 2.85 bits per heavy atom. The summed E-state index contributed by atoms with van der Waals surface area (Å²) < 4.78 is 0. The van der Waals surface area contributed by atoms with Crippen LogP contribution >= 0.6 is 0 Å². The van der Waals surface area contributed by atoms with Crippen molar-refractivity contribution in [2.45, 2.75) is 38.6 Å². The zero-order chi connectivity index (χ0) is 13.9. The van der Waals surface area contributed by atoms with Crippen LogP contribution in [-0.4, -0.2) is 43.7 Å². The van der Waals surface area contributed by atoms with E-state index < -0.39 is 0 Å². The lowest BCUT2D eigenvalue weighted by Crippen LogP contribution is -2.36. The van der Waals surface area contributed by atoms with Crippen LogP contribution in [0.15, 0.2) is 18.2 Å². The van der Waals surface area contributed by atoms with E-state index in [0.29, 0.717) is 0 Å². The molecule has 0 aliphatic carbocycles. The monoisotopic (exact) mass is 273 g/mol. The summed E-state index contributed by atoms with van der Waals surface area (Å²) >= 11 is 0. The molecule has 0 bridgehead atoms. The van der Waals surface area contributed by atoms with Gasteiger partial charge in [0.2, 0.25) is 0 Å². The molecule has 1 unspecified atom stereocenters. The molecule has 1 aromatic carbocycles. The Morgan fingerprint density at radius 1 is 1.20 bits per heavy atom. The van der Waals surface area contributed by atoms with Crippen LogP contribution in [0.3, 0.4) is 0 Å². The molecule has 3 rings (SSSR count). The number of hydrogen-bond acceptors (Lipinski definition) is 3. The molecular formula is C17H27N3. The Morgan fingerprint density at radius 2 is 2.05 bits per heavy atom. The third-order valence-corrected chi connectivity index (χ3v) is 4.84. The number of fused-ring (bicyclic) bond motifs is 1. The lowest BCUT2D eigenvalue weighted by molar-refractivity contribution is 0.273. The minimum absolute atomic E-state index is 0.736. The zero-order valence-electron chi connectivity index (χ0n) is 12.6. The van der Waals surface area contributed by atoms with Gasteiger partial charge in [-0.1, -0.05) is 12.1 Å². The van der Waals surface area contributed by atoms with Crippen molar-refractivity contribution in [3.8, 4) is 0 Å². The van der Waals surface area contributed by atoms with Crippen molar-refractivity contribution >= 4 is 5.69 Å². The van der Waals surface area contributed by atoms with E-state index in [1.165, 1.54) is 62.3 Å². The third-order valence-electron chi connectivity index (χ3n) is 4.84. The zero-order valence-corrected chi connectivity index (χ0v) is 12.6. The van der Waals surface area contributed by atoms with Gasteiger partial charge in [0.15, 0.2) is 0 Å². The summed E-state index contributed by atoms with van der Waals surface area (Å²) in [7, 11) is 0. The summed E-state index contributed by atoms with van der Waals surface area (Å²) in [6.07, 6.45) is 5.03. The first-order chi connectivity index (χ1) is 9.78. The maximum atomic E-state index is 5.65. The summed E-state index contributed by atoms with van der Waals surface area (Å²) in [4.78, 5) is 5.30. The SMILES string of the molecule is Cc1cc(CCN)ccc1N1CCCN2CCCC2C1. The van der Waals surface area contributed by atoms with E-state index in [1.807, 2.05) is 0 Å². The summed E-state index contributed by atoms with van der Waals surface area (Å²) in [6, 6.07) is 7.66. The normalized spacial score (nSPS) is 23.7. The summed E-state index contributed by atoms with van der Waals surface area (Å²) in [6.45, 7) is 7.98. The Bertz CT molecular complexity index is 458. The van der Waals surface area contributed by atoms with Gasteiger partial charge in [-0.2, -0.15) is 0 Å². The van der Waals surface area contributed by atoms with E-state index >= 15 is 0 Å². The fourth-order valence-electron chi connectivity index (χ4n) is 3.82. The van der Waals surface area contributed by atoms with Gasteiger partial charge in [0.05, 0.1) is 0 Å². The van der Waals surface area contributed by atoms with E-state index in [9.17, 15) is 0 Å². The Labute approximate surface area is 122 Å². The predicted molar refractivity (Wildman–Crippen MR) is 85.4 cm³/mol. The first kappa shape index (κ1) is 13.9. The lowest BCUT2D eigenvalue weighted by atomic mass is 10.1. The maximum absolute atomic E-state index is 5.65. The van der Waals surface area contributed by atoms with Crippen LogP contribution in [0, 0.1) is 6.92 Å². The summed E-state index contributed by atoms with van der Waals surface area (Å²) in [5.74, 6) is 0. The molecule has 0 radical (unpaired) electrons. The molecule has 2 heterocycles. The van der Waals surface area contributed by atoms with Gasteiger partial charge in [-0.3, -0.25) is 4.90 Å². The Balaban J connectivity index is 1.77. The lowest BCUT2D eigenvalue weighted by Gasteiger charge is -2.28. The molecule has 110 valence electrons. The van der Waals surface area contributed by atoms with Crippen LogP contribution in [0.1, 0.15) is 30.4 Å². The van der Waals surface area contributed by atoms with Crippen molar-refractivity contribution in [2.75, 3.05) is 37.6 Å². The van der Waals surface area contributed by atoms with Gasteiger partial charge in [0, 0.05) is 31.4 Å². The largest absolute Gasteiger partial charge is 0.370 e. The molecule has 0 spiro atoms. The standard InChI is InChI=1S/C17H27N3/c1-14-12-15(7-8-18)5-6-17(14)20-11-3-10-19-9-2-4-16(19)13-20/h5-6,12,16H,2-4,7-11,13,18H2,1H3. The number of aryl methyl sites for hydroxylation is 1. The van der Waals surface area contributed by atoms with Crippen molar-refractivity contribution < 1.29 is 0 Å². The number of benzene rings is 1. The molecule has 3 heteroatoms. The van der Waals surface area contributed by atoms with Crippen LogP contribution in [-0.2, 0) is 6.42 Å². The molecule has 0 amide bonds. The highest BCUT2D eigenvalue weighted by Crippen LogP contribution is 2.27. The summed E-state index contributed by atoms with van der Waals surface area (Å²) in [5.41, 5.74) is 9.86. The third kappa shape index (κ3) is 2.84. The van der Waals surface area contributed by atoms with E-state index in [-0.39, 0.29) is 0 Å². The fourth-order valence-corrected chi connectivity index (χ4v) is 3.82. The quantitative estimate of drug-likeness (QED) is 0.916. The highest BCUT2D eigenvalue weighted by atomic mass is 15.3. The van der Waals surface area contributed by atoms with Gasteiger partial charge in [0.25, 0.3) is 0 Å². The minimum atomic E-state index is 0.736. The molecule has 2 aliphatic rings. The summed E-state index contributed by atoms with van der Waals surface area (Å²) in [5, 5.41) is 0. The molecule has 2 fully saturated rings. The molecule has 20 heavy (non-hydrogen) atoms. The van der Waals surface area contributed by atoms with Gasteiger partial charge < -0.3 is 10.6 Å². The van der Waals surface area contributed by atoms with Gasteiger partial charge in [-0.05, 0) is 62.9 Å². The first-order valence-electron chi connectivity index (χ1n) is 8.06.